The molecule has 0 aliphatic carbocycles. The van der Waals surface area contributed by atoms with Crippen LogP contribution >= 0.6 is 0 Å². The van der Waals surface area contributed by atoms with Gasteiger partial charge in [0.2, 0.25) is 0 Å². The van der Waals surface area contributed by atoms with Gasteiger partial charge in [0.05, 0.1) is 17.4 Å². The highest BCUT2D eigenvalue weighted by Gasteiger charge is 2.21. The first-order chi connectivity index (χ1) is 12.1. The second kappa shape index (κ2) is 5.79. The molecule has 0 spiro atoms. The van der Waals surface area contributed by atoms with Crippen molar-refractivity contribution >= 4 is 28.1 Å². The summed E-state index contributed by atoms with van der Waals surface area (Å²) in [5.41, 5.74) is 2.52. The molecule has 0 saturated carbocycles. The van der Waals surface area contributed by atoms with E-state index in [1.54, 1.807) is 30.6 Å². The van der Waals surface area contributed by atoms with Crippen molar-refractivity contribution in [2.45, 2.75) is 6.54 Å². The Morgan fingerprint density at radius 2 is 1.88 bits per heavy atom. The lowest BCUT2D eigenvalue weighted by molar-refractivity contribution is 0.474. The highest BCUT2D eigenvalue weighted by molar-refractivity contribution is 5.84. The largest absolute Gasteiger partial charge is 0.508 e. The number of hydrogen-bond acceptors (Lipinski definition) is 6. The first-order valence-corrected chi connectivity index (χ1v) is 7.67. The molecule has 0 unspecified atom stereocenters. The summed E-state index contributed by atoms with van der Waals surface area (Å²) in [5.74, 6) is 0.149. The summed E-state index contributed by atoms with van der Waals surface area (Å²) in [6.07, 6.45) is 1.59. The molecule has 7 heteroatoms. The van der Waals surface area contributed by atoms with Crippen molar-refractivity contribution in [1.82, 2.24) is 9.97 Å². The number of anilines is 3. The first kappa shape index (κ1) is 14.9. The zero-order valence-electron chi connectivity index (χ0n) is 13.0. The minimum Gasteiger partial charge on any atom is -0.508 e. The number of rotatable bonds is 5. The predicted octanol–water partition coefficient (Wildman–Crippen LogP) is 2.22. The van der Waals surface area contributed by atoms with Gasteiger partial charge in [-0.05, 0) is 35.9 Å². The second-order valence-electron chi connectivity index (χ2n) is 5.69. The zero-order valence-corrected chi connectivity index (χ0v) is 13.0. The maximum atomic E-state index is 11.9. The fraction of sp³-hybridized carbons (Fsp3) is 0.0556. The average Bonchev–Trinajstić information content (AvgIpc) is 3.08. The Balaban J connectivity index is 1.55. The van der Waals surface area contributed by atoms with Crippen LogP contribution in [0.25, 0.3) is 11.0 Å². The van der Waals surface area contributed by atoms with Gasteiger partial charge in [-0.15, -0.1) is 0 Å². The van der Waals surface area contributed by atoms with E-state index in [4.69, 9.17) is 0 Å². The molecule has 7 nitrogen and oxygen atoms in total. The van der Waals surface area contributed by atoms with Gasteiger partial charge in [0.25, 0.3) is 10.9 Å². The Labute approximate surface area is 141 Å². The van der Waals surface area contributed by atoms with Crippen LogP contribution in [-0.4, -0.2) is 15.1 Å². The molecular formula is C18H14N4O3. The number of fused-ring (bicyclic) bond motifs is 1. The smallest absolute Gasteiger partial charge is 0.253 e. The van der Waals surface area contributed by atoms with Crippen LogP contribution in [0.15, 0.2) is 58.4 Å². The SMILES string of the molecule is O=c1c(NCc2cccc(O)c2)c(Nc2ccc3nc[nH]c3c2)c1=O. The molecule has 4 aromatic rings. The van der Waals surface area contributed by atoms with Gasteiger partial charge in [0.15, 0.2) is 0 Å². The van der Waals surface area contributed by atoms with Gasteiger partial charge in [-0.3, -0.25) is 9.59 Å². The molecular weight excluding hydrogens is 320 g/mol. The van der Waals surface area contributed by atoms with Crippen molar-refractivity contribution in [1.29, 1.82) is 0 Å². The third kappa shape index (κ3) is 2.72. The van der Waals surface area contributed by atoms with E-state index in [0.29, 0.717) is 12.2 Å². The Hall–Kier alpha value is -3.61. The fourth-order valence-corrected chi connectivity index (χ4v) is 2.69. The number of H-pyrrole nitrogens is 1. The van der Waals surface area contributed by atoms with Crippen LogP contribution in [0.4, 0.5) is 17.1 Å². The summed E-state index contributed by atoms with van der Waals surface area (Å²) in [4.78, 5) is 30.9. The van der Waals surface area contributed by atoms with Crippen LogP contribution in [-0.2, 0) is 6.54 Å². The van der Waals surface area contributed by atoms with Gasteiger partial charge >= 0.3 is 0 Å². The fourth-order valence-electron chi connectivity index (χ4n) is 2.69. The molecule has 0 saturated heterocycles. The van der Waals surface area contributed by atoms with Gasteiger partial charge in [0, 0.05) is 12.2 Å². The Kier molecular flexibility index (Phi) is 3.46. The van der Waals surface area contributed by atoms with Crippen molar-refractivity contribution in [3.63, 3.8) is 0 Å². The number of phenols is 1. The van der Waals surface area contributed by atoms with Crippen molar-refractivity contribution < 1.29 is 5.11 Å². The maximum absolute atomic E-state index is 11.9. The van der Waals surface area contributed by atoms with Crippen LogP contribution in [0, 0.1) is 0 Å². The van der Waals surface area contributed by atoms with Crippen LogP contribution in [0.2, 0.25) is 0 Å². The van der Waals surface area contributed by atoms with E-state index in [1.807, 2.05) is 18.2 Å². The predicted molar refractivity (Wildman–Crippen MR) is 96.2 cm³/mol. The number of hydrogen-bond donors (Lipinski definition) is 4. The molecule has 0 atom stereocenters. The van der Waals surface area contributed by atoms with Crippen LogP contribution in [0.5, 0.6) is 5.75 Å². The summed E-state index contributed by atoms with van der Waals surface area (Å²) < 4.78 is 0. The normalized spacial score (nSPS) is 11.0. The number of aromatic hydroxyl groups is 1. The molecule has 3 aromatic carbocycles. The van der Waals surface area contributed by atoms with E-state index >= 15 is 0 Å². The first-order valence-electron chi connectivity index (χ1n) is 7.67. The minimum absolute atomic E-state index is 0.149. The number of nitrogens with one attached hydrogen (secondary N) is 3. The van der Waals surface area contributed by atoms with Crippen molar-refractivity contribution in [2.75, 3.05) is 10.6 Å². The van der Waals surface area contributed by atoms with E-state index in [1.165, 1.54) is 0 Å². The highest BCUT2D eigenvalue weighted by Crippen LogP contribution is 2.23. The van der Waals surface area contributed by atoms with Crippen molar-refractivity contribution in [2.24, 2.45) is 0 Å². The molecule has 0 fully saturated rings. The third-order valence-electron chi connectivity index (χ3n) is 3.98. The summed E-state index contributed by atoms with van der Waals surface area (Å²) in [5, 5.41) is 15.4. The summed E-state index contributed by atoms with van der Waals surface area (Å²) in [7, 11) is 0. The van der Waals surface area contributed by atoms with Crippen LogP contribution in [0.1, 0.15) is 5.56 Å². The lowest BCUT2D eigenvalue weighted by Gasteiger charge is -2.15. The Morgan fingerprint density at radius 1 is 1.04 bits per heavy atom. The Morgan fingerprint density at radius 3 is 2.72 bits per heavy atom. The minimum atomic E-state index is -0.553. The van der Waals surface area contributed by atoms with Gasteiger partial charge in [-0.25, -0.2) is 4.98 Å². The molecule has 0 radical (unpaired) electrons. The molecule has 0 amide bonds. The van der Waals surface area contributed by atoms with Gasteiger partial charge in [-0.2, -0.15) is 0 Å². The molecule has 124 valence electrons. The van der Waals surface area contributed by atoms with E-state index in [2.05, 4.69) is 20.6 Å². The van der Waals surface area contributed by atoms with Crippen LogP contribution in [0.3, 0.4) is 0 Å². The number of aromatic amines is 1. The number of aromatic nitrogens is 2. The number of imidazole rings is 1. The lowest BCUT2D eigenvalue weighted by atomic mass is 10.1. The summed E-state index contributed by atoms with van der Waals surface area (Å²) in [6.45, 7) is 0.327. The Bertz CT molecular complexity index is 1140. The quantitative estimate of drug-likeness (QED) is 0.417. The van der Waals surface area contributed by atoms with Crippen molar-refractivity contribution in [3.05, 3.63) is 74.8 Å². The average molecular weight is 334 g/mol. The molecule has 0 aliphatic heterocycles. The second-order valence-corrected chi connectivity index (χ2v) is 5.69. The molecule has 1 heterocycles. The highest BCUT2D eigenvalue weighted by atomic mass is 16.3. The zero-order chi connectivity index (χ0) is 17.4. The van der Waals surface area contributed by atoms with Gasteiger partial charge in [0.1, 0.15) is 17.1 Å². The number of phenolic OH excluding ortho intramolecular Hbond substituents is 1. The monoisotopic (exact) mass is 334 g/mol. The molecule has 0 bridgehead atoms. The molecule has 1 aromatic heterocycles. The van der Waals surface area contributed by atoms with E-state index < -0.39 is 10.9 Å². The summed E-state index contributed by atoms with van der Waals surface area (Å²) >= 11 is 0. The van der Waals surface area contributed by atoms with E-state index in [-0.39, 0.29) is 17.1 Å². The van der Waals surface area contributed by atoms with Crippen LogP contribution < -0.4 is 21.5 Å². The standard InChI is InChI=1S/C18H14N4O3/c23-12-3-1-2-10(6-12)8-19-15-16(18(25)17(15)24)22-11-4-5-13-14(7-11)21-9-20-13/h1-7,9,19,22-23H,8H2,(H,20,21). The van der Waals surface area contributed by atoms with Crippen molar-refractivity contribution in [3.8, 4) is 5.75 Å². The van der Waals surface area contributed by atoms with E-state index in [9.17, 15) is 14.7 Å². The molecule has 4 N–H and O–H groups in total. The number of benzene rings is 2. The van der Waals surface area contributed by atoms with Gasteiger partial charge < -0.3 is 20.7 Å². The number of nitrogens with zero attached hydrogens (tertiary/aromatic N) is 1. The maximum Gasteiger partial charge on any atom is 0.253 e. The van der Waals surface area contributed by atoms with E-state index in [0.717, 1.165) is 16.6 Å². The molecule has 0 aliphatic rings. The van der Waals surface area contributed by atoms with Gasteiger partial charge in [-0.1, -0.05) is 12.1 Å². The lowest BCUT2D eigenvalue weighted by Crippen LogP contribution is -2.36. The topological polar surface area (TPSA) is 107 Å². The molecule has 25 heavy (non-hydrogen) atoms. The summed E-state index contributed by atoms with van der Waals surface area (Å²) in [6, 6.07) is 12.1. The molecule has 4 rings (SSSR count). The third-order valence-corrected chi connectivity index (χ3v) is 3.98.